The Kier molecular flexibility index (Phi) is 14.4. The predicted molar refractivity (Wildman–Crippen MR) is 139 cm³/mol. The second kappa shape index (κ2) is 15.5. The van der Waals surface area contributed by atoms with E-state index in [-0.39, 0.29) is 67.9 Å². The Morgan fingerprint density at radius 2 is 1.97 bits per heavy atom. The van der Waals surface area contributed by atoms with E-state index in [0.717, 1.165) is 18.6 Å². The molecule has 1 N–H and O–H groups in total. The van der Waals surface area contributed by atoms with Crippen LogP contribution in [0.3, 0.4) is 0 Å². The van der Waals surface area contributed by atoms with Gasteiger partial charge in [-0.15, -0.1) is 0 Å². The number of carbonyl (C=O) groups excluding carboxylic acids is 1. The third-order valence-corrected chi connectivity index (χ3v) is 7.24. The van der Waals surface area contributed by atoms with Crippen LogP contribution >= 0.6 is 23.4 Å². The first-order valence-corrected chi connectivity index (χ1v) is 12.7. The SMILES string of the molecule is CCCC(=NOCC(C)Oc1ccc(Cl)cc1)C1=C(O)CC(C2CCCSC2)CC1=O.[Li].[Li]. The largest absolute Gasteiger partial charge is 0.511 e. The van der Waals surface area contributed by atoms with E-state index in [1.807, 2.05) is 25.6 Å². The molecule has 1 aromatic rings. The van der Waals surface area contributed by atoms with Gasteiger partial charge in [0.15, 0.2) is 12.4 Å². The van der Waals surface area contributed by atoms with Crippen LogP contribution in [0.15, 0.2) is 40.8 Å². The number of ether oxygens (including phenoxy) is 1. The monoisotopic (exact) mass is 479 g/mol. The Hall–Kier alpha value is -0.465. The number of thioether (sulfide) groups is 1. The Balaban J connectivity index is 0.00000272. The Morgan fingerprint density at radius 3 is 2.58 bits per heavy atom. The van der Waals surface area contributed by atoms with E-state index < -0.39 is 0 Å². The van der Waals surface area contributed by atoms with E-state index in [1.165, 1.54) is 12.2 Å². The van der Waals surface area contributed by atoms with Gasteiger partial charge in [0, 0.05) is 55.6 Å². The van der Waals surface area contributed by atoms with Crippen molar-refractivity contribution in [2.75, 3.05) is 18.1 Å². The summed E-state index contributed by atoms with van der Waals surface area (Å²) in [5.74, 6) is 3.91. The van der Waals surface area contributed by atoms with Crippen molar-refractivity contribution in [3.05, 3.63) is 40.6 Å². The van der Waals surface area contributed by atoms with E-state index in [9.17, 15) is 9.90 Å². The van der Waals surface area contributed by atoms with Crippen LogP contribution in [-0.4, -0.2) is 78.5 Å². The molecular weight excluding hydrogens is 448 g/mol. The summed E-state index contributed by atoms with van der Waals surface area (Å²) in [5.41, 5.74) is 0.910. The van der Waals surface area contributed by atoms with Crippen molar-refractivity contribution in [3.8, 4) is 5.75 Å². The fourth-order valence-electron chi connectivity index (χ4n) is 4.17. The molecule has 5 nitrogen and oxygen atoms in total. The van der Waals surface area contributed by atoms with Gasteiger partial charge in [-0.25, -0.2) is 0 Å². The minimum absolute atomic E-state index is 0. The summed E-state index contributed by atoms with van der Waals surface area (Å²) >= 11 is 7.85. The standard InChI is InChI=1S/C24H32ClNO4S.2Li/c1-3-5-21(26-29-14-16(2)30-20-9-7-19(25)8-10-20)24-22(27)12-18(13-23(24)28)17-6-4-11-31-15-17;;/h7-10,16-18,27H,3-6,11-15H2,1-2H3;;. The number of aliphatic hydroxyl groups is 1. The first-order chi connectivity index (χ1) is 15.0. The number of allylic oxidation sites excluding steroid dienone is 2. The van der Waals surface area contributed by atoms with Gasteiger partial charge in [0.2, 0.25) is 0 Å². The van der Waals surface area contributed by atoms with Gasteiger partial charge in [-0.2, -0.15) is 11.8 Å². The Morgan fingerprint density at radius 1 is 1.24 bits per heavy atom. The average molecular weight is 480 g/mol. The van der Waals surface area contributed by atoms with Crippen molar-refractivity contribution in [1.29, 1.82) is 0 Å². The average Bonchev–Trinajstić information content (AvgIpc) is 2.75. The molecule has 172 valence electrons. The second-order valence-corrected chi connectivity index (χ2v) is 9.94. The number of hydrogen-bond acceptors (Lipinski definition) is 6. The minimum atomic E-state index is -0.231. The quantitative estimate of drug-likeness (QED) is 0.289. The third-order valence-electron chi connectivity index (χ3n) is 5.74. The Labute approximate surface area is 230 Å². The molecule has 1 heterocycles. The molecule has 33 heavy (non-hydrogen) atoms. The second-order valence-electron chi connectivity index (χ2n) is 8.36. The van der Waals surface area contributed by atoms with Crippen LogP contribution in [0, 0.1) is 11.8 Å². The summed E-state index contributed by atoms with van der Waals surface area (Å²) in [6, 6.07) is 7.14. The van der Waals surface area contributed by atoms with Crippen LogP contribution in [0.2, 0.25) is 5.02 Å². The number of nitrogens with zero attached hydrogens (tertiary/aromatic N) is 1. The molecule has 2 radical (unpaired) electrons. The van der Waals surface area contributed by atoms with Gasteiger partial charge in [-0.1, -0.05) is 30.1 Å². The summed E-state index contributed by atoms with van der Waals surface area (Å²) in [5, 5.41) is 15.6. The Bertz CT molecular complexity index is 813. The molecule has 0 aromatic heterocycles. The van der Waals surface area contributed by atoms with Gasteiger partial charge in [0.1, 0.15) is 17.6 Å². The summed E-state index contributed by atoms with van der Waals surface area (Å²) in [4.78, 5) is 18.5. The maximum Gasteiger partial charge on any atom is 0.168 e. The molecule has 0 saturated carbocycles. The molecule has 1 aromatic carbocycles. The van der Waals surface area contributed by atoms with Crippen LogP contribution in [0.1, 0.15) is 52.4 Å². The van der Waals surface area contributed by atoms with Gasteiger partial charge in [0.05, 0.1) is 11.3 Å². The van der Waals surface area contributed by atoms with Crippen LogP contribution in [0.4, 0.5) is 0 Å². The molecule has 1 aliphatic carbocycles. The number of halogens is 1. The molecule has 1 saturated heterocycles. The van der Waals surface area contributed by atoms with Gasteiger partial charge in [0.25, 0.3) is 0 Å². The van der Waals surface area contributed by atoms with Crippen LogP contribution in [-0.2, 0) is 9.63 Å². The van der Waals surface area contributed by atoms with Gasteiger partial charge in [-0.3, -0.25) is 4.79 Å². The number of aliphatic hydroxyl groups excluding tert-OH is 1. The van der Waals surface area contributed by atoms with Gasteiger partial charge in [-0.05, 0) is 73.8 Å². The van der Waals surface area contributed by atoms with Crippen molar-refractivity contribution in [2.45, 2.75) is 58.5 Å². The number of Topliss-reactive ketones (excluding diaryl/α,β-unsaturated/α-hetero) is 1. The van der Waals surface area contributed by atoms with E-state index in [1.54, 1.807) is 24.3 Å². The maximum atomic E-state index is 12.9. The molecule has 3 rings (SSSR count). The molecule has 2 aliphatic rings. The summed E-state index contributed by atoms with van der Waals surface area (Å²) in [6.45, 7) is 4.15. The molecule has 3 unspecified atom stereocenters. The number of benzene rings is 1. The molecule has 0 amide bonds. The van der Waals surface area contributed by atoms with E-state index >= 15 is 0 Å². The molecule has 1 fully saturated rings. The van der Waals surface area contributed by atoms with E-state index in [0.29, 0.717) is 47.2 Å². The zero-order chi connectivity index (χ0) is 22.2. The number of oxime groups is 1. The van der Waals surface area contributed by atoms with Crippen molar-refractivity contribution in [2.24, 2.45) is 17.0 Å². The fraction of sp³-hybridized carbons (Fsp3) is 0.583. The van der Waals surface area contributed by atoms with E-state index in [2.05, 4.69) is 5.16 Å². The molecule has 0 spiro atoms. The summed E-state index contributed by atoms with van der Waals surface area (Å²) < 4.78 is 5.80. The minimum Gasteiger partial charge on any atom is -0.511 e. The maximum absolute atomic E-state index is 12.9. The molecular formula is C24H32ClLi2NO4S. The molecule has 3 atom stereocenters. The number of ketones is 1. The summed E-state index contributed by atoms with van der Waals surface area (Å²) in [7, 11) is 0. The van der Waals surface area contributed by atoms with Crippen LogP contribution in [0.25, 0.3) is 0 Å². The van der Waals surface area contributed by atoms with Crippen LogP contribution in [0.5, 0.6) is 5.75 Å². The third kappa shape index (κ3) is 9.25. The van der Waals surface area contributed by atoms with Crippen molar-refractivity contribution in [1.82, 2.24) is 0 Å². The number of rotatable bonds is 9. The summed E-state index contributed by atoms with van der Waals surface area (Å²) in [6.07, 6.45) is 4.56. The van der Waals surface area contributed by atoms with Gasteiger partial charge < -0.3 is 14.7 Å². The molecule has 1 aliphatic heterocycles. The first kappa shape index (κ1) is 30.6. The predicted octanol–water partition coefficient (Wildman–Crippen LogP) is 5.45. The van der Waals surface area contributed by atoms with E-state index in [4.69, 9.17) is 21.2 Å². The zero-order valence-electron chi connectivity index (χ0n) is 20.3. The number of hydrogen-bond donors (Lipinski definition) is 1. The van der Waals surface area contributed by atoms with Crippen molar-refractivity contribution >= 4 is 72.6 Å². The zero-order valence-corrected chi connectivity index (χ0v) is 21.9. The normalized spacial score (nSPS) is 22.2. The fourth-order valence-corrected chi connectivity index (χ4v) is 5.58. The molecule has 9 heteroatoms. The first-order valence-electron chi connectivity index (χ1n) is 11.1. The smallest absolute Gasteiger partial charge is 0.168 e. The van der Waals surface area contributed by atoms with Gasteiger partial charge >= 0.3 is 0 Å². The topological polar surface area (TPSA) is 68.1 Å². The van der Waals surface area contributed by atoms with Crippen molar-refractivity contribution < 1.29 is 19.5 Å². The number of carbonyl (C=O) groups is 1. The van der Waals surface area contributed by atoms with Crippen molar-refractivity contribution in [3.63, 3.8) is 0 Å². The van der Waals surface area contributed by atoms with Crippen LogP contribution < -0.4 is 4.74 Å². The molecule has 0 bridgehead atoms.